The highest BCUT2D eigenvalue weighted by Gasteiger charge is 2.64. The monoisotopic (exact) mass is 331 g/mol. The fourth-order valence-corrected chi connectivity index (χ4v) is 3.10. The number of amides is 1. The fraction of sp³-hybridized carbons (Fsp3) is 0.353. The molecule has 0 spiro atoms. The first-order valence-corrected chi connectivity index (χ1v) is 7.55. The Hall–Kier alpha value is -2.83. The SMILES string of the molecule is CC(=O)OC/C=C1\O[C@@H]2CC(=O)N2[C@@]1(Cc1ccccc1)C(=O)O. The number of β-lactam (4-membered cyclic amide) rings is 1. The maximum absolute atomic E-state index is 12.1. The van der Waals surface area contributed by atoms with Crippen LogP contribution in [0.3, 0.4) is 0 Å². The van der Waals surface area contributed by atoms with Crippen molar-refractivity contribution in [1.29, 1.82) is 0 Å². The van der Waals surface area contributed by atoms with Crippen molar-refractivity contribution in [3.63, 3.8) is 0 Å². The molecule has 0 unspecified atom stereocenters. The van der Waals surface area contributed by atoms with E-state index in [0.29, 0.717) is 0 Å². The van der Waals surface area contributed by atoms with Crippen molar-refractivity contribution >= 4 is 17.8 Å². The zero-order chi connectivity index (χ0) is 17.3. The summed E-state index contributed by atoms with van der Waals surface area (Å²) in [6, 6.07) is 9.03. The van der Waals surface area contributed by atoms with Crippen LogP contribution in [-0.2, 0) is 30.3 Å². The van der Waals surface area contributed by atoms with Crippen molar-refractivity contribution in [2.45, 2.75) is 31.5 Å². The summed E-state index contributed by atoms with van der Waals surface area (Å²) in [5.74, 6) is -1.78. The number of carbonyl (C=O) groups excluding carboxylic acids is 2. The second-order valence-corrected chi connectivity index (χ2v) is 5.74. The number of carbonyl (C=O) groups is 3. The molecule has 0 saturated carbocycles. The van der Waals surface area contributed by atoms with Gasteiger partial charge in [-0.3, -0.25) is 14.5 Å². The average Bonchev–Trinajstić information content (AvgIpc) is 2.77. The largest absolute Gasteiger partial charge is 0.479 e. The van der Waals surface area contributed by atoms with Gasteiger partial charge in [0.15, 0.2) is 6.23 Å². The molecule has 3 rings (SSSR count). The predicted octanol–water partition coefficient (Wildman–Crippen LogP) is 1.09. The summed E-state index contributed by atoms with van der Waals surface area (Å²) in [4.78, 5) is 36.4. The number of nitrogens with zero attached hydrogens (tertiary/aromatic N) is 1. The molecule has 2 aliphatic heterocycles. The maximum Gasteiger partial charge on any atom is 0.338 e. The highest BCUT2D eigenvalue weighted by atomic mass is 16.5. The first kappa shape index (κ1) is 16.0. The normalized spacial score (nSPS) is 26.5. The third-order valence-electron chi connectivity index (χ3n) is 4.20. The third-order valence-corrected chi connectivity index (χ3v) is 4.20. The number of ether oxygens (including phenoxy) is 2. The number of benzene rings is 1. The van der Waals surface area contributed by atoms with Gasteiger partial charge in [-0.15, -0.1) is 0 Å². The van der Waals surface area contributed by atoms with Gasteiger partial charge in [-0.1, -0.05) is 30.3 Å². The molecule has 126 valence electrons. The lowest BCUT2D eigenvalue weighted by Gasteiger charge is -2.40. The van der Waals surface area contributed by atoms with Gasteiger partial charge in [0.1, 0.15) is 12.4 Å². The second-order valence-electron chi connectivity index (χ2n) is 5.74. The number of carboxylic acid groups (broad SMARTS) is 1. The van der Waals surface area contributed by atoms with Crippen LogP contribution < -0.4 is 0 Å². The van der Waals surface area contributed by atoms with Crippen molar-refractivity contribution in [3.8, 4) is 0 Å². The van der Waals surface area contributed by atoms with Gasteiger partial charge >= 0.3 is 11.9 Å². The van der Waals surface area contributed by atoms with Crippen LogP contribution >= 0.6 is 0 Å². The Morgan fingerprint density at radius 1 is 1.42 bits per heavy atom. The van der Waals surface area contributed by atoms with E-state index in [1.54, 1.807) is 24.3 Å². The van der Waals surface area contributed by atoms with Crippen LogP contribution in [0.15, 0.2) is 42.2 Å². The molecule has 1 N–H and O–H groups in total. The summed E-state index contributed by atoms with van der Waals surface area (Å²) in [5, 5.41) is 9.92. The Morgan fingerprint density at radius 3 is 2.71 bits per heavy atom. The van der Waals surface area contributed by atoms with Gasteiger partial charge in [0, 0.05) is 13.3 Å². The number of fused-ring (bicyclic) bond motifs is 1. The van der Waals surface area contributed by atoms with Crippen molar-refractivity contribution in [2.75, 3.05) is 6.61 Å². The van der Waals surface area contributed by atoms with Crippen LogP contribution in [0.5, 0.6) is 0 Å². The average molecular weight is 331 g/mol. The standard InChI is InChI=1S/C17H17NO6/c1-11(19)23-8-7-13-17(16(21)22,10-12-5-3-2-4-6-12)18-14(20)9-15(18)24-13/h2-7,15H,8-10H2,1H3,(H,21,22)/b13-7-/t15-,17-/m1/s1. The van der Waals surface area contributed by atoms with Gasteiger partial charge < -0.3 is 14.6 Å². The van der Waals surface area contributed by atoms with E-state index in [0.717, 1.165) is 5.56 Å². The number of carboxylic acids is 1. The Bertz CT molecular complexity index is 713. The Morgan fingerprint density at radius 2 is 2.12 bits per heavy atom. The molecule has 1 aromatic rings. The lowest BCUT2D eigenvalue weighted by molar-refractivity contribution is -0.170. The van der Waals surface area contributed by atoms with Crippen LogP contribution in [0.2, 0.25) is 0 Å². The molecule has 0 radical (unpaired) electrons. The summed E-state index contributed by atoms with van der Waals surface area (Å²) in [6.45, 7) is 1.16. The van der Waals surface area contributed by atoms with E-state index in [1.165, 1.54) is 17.9 Å². The van der Waals surface area contributed by atoms with Crippen molar-refractivity contribution in [2.24, 2.45) is 0 Å². The molecule has 0 aromatic heterocycles. The molecule has 2 aliphatic rings. The smallest absolute Gasteiger partial charge is 0.338 e. The van der Waals surface area contributed by atoms with Gasteiger partial charge in [0.25, 0.3) is 0 Å². The van der Waals surface area contributed by atoms with E-state index in [9.17, 15) is 19.5 Å². The molecule has 2 fully saturated rings. The minimum atomic E-state index is -1.61. The van der Waals surface area contributed by atoms with Crippen LogP contribution in [0, 0.1) is 0 Å². The summed E-state index contributed by atoms with van der Waals surface area (Å²) < 4.78 is 10.5. The van der Waals surface area contributed by atoms with Crippen LogP contribution in [0.1, 0.15) is 18.9 Å². The van der Waals surface area contributed by atoms with E-state index < -0.39 is 23.7 Å². The molecule has 2 saturated heterocycles. The molecular formula is C17H17NO6. The maximum atomic E-state index is 12.1. The summed E-state index contributed by atoms with van der Waals surface area (Å²) in [5.41, 5.74) is -0.844. The Balaban J connectivity index is 1.98. The van der Waals surface area contributed by atoms with Crippen LogP contribution in [-0.4, -0.2) is 46.2 Å². The molecule has 1 aromatic carbocycles. The van der Waals surface area contributed by atoms with Gasteiger partial charge in [0.2, 0.25) is 11.4 Å². The quantitative estimate of drug-likeness (QED) is 0.641. The van der Waals surface area contributed by atoms with E-state index in [-0.39, 0.29) is 31.1 Å². The first-order valence-electron chi connectivity index (χ1n) is 7.55. The van der Waals surface area contributed by atoms with Crippen molar-refractivity contribution in [1.82, 2.24) is 4.90 Å². The molecule has 0 aliphatic carbocycles. The van der Waals surface area contributed by atoms with E-state index in [2.05, 4.69) is 0 Å². The third kappa shape index (κ3) is 2.51. The van der Waals surface area contributed by atoms with Crippen molar-refractivity contribution in [3.05, 3.63) is 47.7 Å². The summed E-state index contributed by atoms with van der Waals surface area (Å²) in [6.07, 6.45) is 1.07. The fourth-order valence-electron chi connectivity index (χ4n) is 3.10. The molecule has 1 amide bonds. The van der Waals surface area contributed by atoms with E-state index in [1.807, 2.05) is 6.07 Å². The van der Waals surface area contributed by atoms with Gasteiger partial charge in [-0.05, 0) is 11.6 Å². The predicted molar refractivity (Wildman–Crippen MR) is 81.6 cm³/mol. The molecule has 0 bridgehead atoms. The number of hydrogen-bond donors (Lipinski definition) is 1. The van der Waals surface area contributed by atoms with E-state index >= 15 is 0 Å². The second kappa shape index (κ2) is 5.99. The number of esters is 1. The van der Waals surface area contributed by atoms with Gasteiger partial charge in [0.05, 0.1) is 6.42 Å². The minimum Gasteiger partial charge on any atom is -0.479 e. The molecule has 2 heterocycles. The minimum absolute atomic E-state index is 0.0807. The van der Waals surface area contributed by atoms with E-state index in [4.69, 9.17) is 9.47 Å². The Labute approximate surface area is 138 Å². The zero-order valence-electron chi connectivity index (χ0n) is 13.1. The summed E-state index contributed by atoms with van der Waals surface area (Å²) >= 11 is 0. The molecule has 7 nitrogen and oxygen atoms in total. The van der Waals surface area contributed by atoms with Crippen LogP contribution in [0.25, 0.3) is 0 Å². The highest BCUT2D eigenvalue weighted by Crippen LogP contribution is 2.46. The lowest BCUT2D eigenvalue weighted by Crippen LogP contribution is -2.63. The molecule has 2 atom stereocenters. The first-order chi connectivity index (χ1) is 11.4. The van der Waals surface area contributed by atoms with Crippen LogP contribution in [0.4, 0.5) is 0 Å². The highest BCUT2D eigenvalue weighted by molar-refractivity contribution is 5.94. The zero-order valence-corrected chi connectivity index (χ0v) is 13.1. The summed E-state index contributed by atoms with van der Waals surface area (Å²) in [7, 11) is 0. The lowest BCUT2D eigenvalue weighted by atomic mass is 9.85. The van der Waals surface area contributed by atoms with Gasteiger partial charge in [-0.2, -0.15) is 0 Å². The van der Waals surface area contributed by atoms with Gasteiger partial charge in [-0.25, -0.2) is 4.79 Å². The molecular weight excluding hydrogens is 314 g/mol. The van der Waals surface area contributed by atoms with Crippen molar-refractivity contribution < 1.29 is 29.0 Å². The number of hydrogen-bond acceptors (Lipinski definition) is 5. The topological polar surface area (TPSA) is 93.1 Å². The molecule has 7 heteroatoms. The number of aliphatic carboxylic acids is 1. The molecule has 24 heavy (non-hydrogen) atoms. The Kier molecular flexibility index (Phi) is 4.01. The number of rotatable bonds is 5.